The third-order valence-electron chi connectivity index (χ3n) is 4.04. The lowest BCUT2D eigenvalue weighted by Crippen LogP contribution is -2.38. The quantitative estimate of drug-likeness (QED) is 0.567. The van der Waals surface area contributed by atoms with E-state index in [4.69, 9.17) is 27.9 Å². The van der Waals surface area contributed by atoms with E-state index in [-0.39, 0.29) is 16.8 Å². The highest BCUT2D eigenvalue weighted by Crippen LogP contribution is 2.31. The molecule has 1 fully saturated rings. The van der Waals surface area contributed by atoms with Gasteiger partial charge in [-0.15, -0.1) is 0 Å². The van der Waals surface area contributed by atoms with Gasteiger partial charge in [0.1, 0.15) is 11.9 Å². The first-order valence-electron chi connectivity index (χ1n) is 7.64. The van der Waals surface area contributed by atoms with E-state index >= 15 is 0 Å². The molecule has 0 atom stereocenters. The second kappa shape index (κ2) is 7.28. The van der Waals surface area contributed by atoms with Crippen molar-refractivity contribution < 1.29 is 9.66 Å². The zero-order chi connectivity index (χ0) is 17.1. The maximum atomic E-state index is 10.7. The Labute approximate surface area is 149 Å². The fourth-order valence-electron chi connectivity index (χ4n) is 2.78. The number of rotatable bonds is 4. The third kappa shape index (κ3) is 3.91. The van der Waals surface area contributed by atoms with Crippen LogP contribution in [0.15, 0.2) is 42.5 Å². The van der Waals surface area contributed by atoms with Gasteiger partial charge in [0.25, 0.3) is 5.69 Å². The second-order valence-electron chi connectivity index (χ2n) is 5.66. The fraction of sp³-hybridized carbons (Fsp3) is 0.294. The molecule has 2 aromatic rings. The monoisotopic (exact) mass is 366 g/mol. The first-order valence-corrected chi connectivity index (χ1v) is 8.39. The molecule has 0 amide bonds. The molecule has 5 nitrogen and oxygen atoms in total. The molecule has 7 heteroatoms. The van der Waals surface area contributed by atoms with E-state index in [1.807, 2.05) is 24.3 Å². The molecule has 0 spiro atoms. The number of halogens is 2. The van der Waals surface area contributed by atoms with Crippen molar-refractivity contribution in [3.05, 3.63) is 62.6 Å². The van der Waals surface area contributed by atoms with E-state index in [0.717, 1.165) is 36.6 Å². The standard InChI is InChI=1S/C17H16Cl2N2O3/c18-12-2-1-3-13(10-12)20-8-6-15(7-9-20)24-17-5-4-14(21(22)23)11-16(17)19/h1-5,10-11,15H,6-9H2. The van der Waals surface area contributed by atoms with Crippen molar-refractivity contribution >= 4 is 34.6 Å². The zero-order valence-electron chi connectivity index (χ0n) is 12.8. The molecule has 2 aromatic carbocycles. The molecule has 0 saturated carbocycles. The van der Waals surface area contributed by atoms with Gasteiger partial charge in [0.05, 0.1) is 9.95 Å². The minimum Gasteiger partial charge on any atom is -0.489 e. The topological polar surface area (TPSA) is 55.6 Å². The van der Waals surface area contributed by atoms with Gasteiger partial charge in [-0.25, -0.2) is 0 Å². The molecule has 0 aliphatic carbocycles. The van der Waals surface area contributed by atoms with Crippen molar-refractivity contribution in [3.8, 4) is 5.75 Å². The summed E-state index contributed by atoms with van der Waals surface area (Å²) < 4.78 is 5.92. The van der Waals surface area contributed by atoms with E-state index in [2.05, 4.69) is 4.90 Å². The van der Waals surface area contributed by atoms with Gasteiger partial charge in [0.15, 0.2) is 0 Å². The molecule has 126 valence electrons. The number of nitrogens with zero attached hydrogens (tertiary/aromatic N) is 2. The predicted octanol–water partition coefficient (Wildman–Crippen LogP) is 4.95. The van der Waals surface area contributed by atoms with Crippen molar-refractivity contribution in [2.75, 3.05) is 18.0 Å². The normalized spacial score (nSPS) is 15.3. The zero-order valence-corrected chi connectivity index (χ0v) is 14.3. The molecule has 1 aliphatic rings. The lowest BCUT2D eigenvalue weighted by atomic mass is 10.1. The molecule has 1 aliphatic heterocycles. The van der Waals surface area contributed by atoms with Gasteiger partial charge >= 0.3 is 0 Å². The maximum absolute atomic E-state index is 10.7. The molecule has 0 aromatic heterocycles. The van der Waals surface area contributed by atoms with Crippen LogP contribution in [0.4, 0.5) is 11.4 Å². The van der Waals surface area contributed by atoms with Crippen molar-refractivity contribution in [2.24, 2.45) is 0 Å². The molecular formula is C17H16Cl2N2O3. The number of anilines is 1. The molecule has 24 heavy (non-hydrogen) atoms. The molecular weight excluding hydrogens is 351 g/mol. The first kappa shape index (κ1) is 16.9. The summed E-state index contributed by atoms with van der Waals surface area (Å²) in [6.07, 6.45) is 1.74. The summed E-state index contributed by atoms with van der Waals surface area (Å²) in [7, 11) is 0. The molecule has 1 saturated heterocycles. The molecule has 0 bridgehead atoms. The van der Waals surface area contributed by atoms with E-state index in [0.29, 0.717) is 5.75 Å². The van der Waals surface area contributed by atoms with Crippen LogP contribution in [0.3, 0.4) is 0 Å². The Morgan fingerprint density at radius 2 is 1.88 bits per heavy atom. The third-order valence-corrected chi connectivity index (χ3v) is 4.57. The first-order chi connectivity index (χ1) is 11.5. The Balaban J connectivity index is 1.60. The van der Waals surface area contributed by atoms with E-state index in [1.165, 1.54) is 12.1 Å². The molecule has 3 rings (SSSR count). The van der Waals surface area contributed by atoms with Gasteiger partial charge in [-0.05, 0) is 24.3 Å². The minimum absolute atomic E-state index is 0.0388. The highest BCUT2D eigenvalue weighted by Gasteiger charge is 2.22. The smallest absolute Gasteiger partial charge is 0.271 e. The van der Waals surface area contributed by atoms with Gasteiger partial charge in [-0.3, -0.25) is 10.1 Å². The number of hydrogen-bond acceptors (Lipinski definition) is 4. The van der Waals surface area contributed by atoms with Gasteiger partial charge in [0.2, 0.25) is 0 Å². The number of piperidine rings is 1. The summed E-state index contributed by atoms with van der Waals surface area (Å²) in [5, 5.41) is 11.7. The van der Waals surface area contributed by atoms with Crippen LogP contribution in [0, 0.1) is 10.1 Å². The van der Waals surface area contributed by atoms with Crippen LogP contribution in [0.25, 0.3) is 0 Å². The van der Waals surface area contributed by atoms with Crippen molar-refractivity contribution in [1.29, 1.82) is 0 Å². The largest absolute Gasteiger partial charge is 0.489 e. The number of hydrogen-bond donors (Lipinski definition) is 0. The van der Waals surface area contributed by atoms with E-state index < -0.39 is 4.92 Å². The summed E-state index contributed by atoms with van der Waals surface area (Å²) in [6.45, 7) is 1.71. The minimum atomic E-state index is -0.473. The van der Waals surface area contributed by atoms with Gasteiger partial charge in [-0.1, -0.05) is 29.3 Å². The Morgan fingerprint density at radius 1 is 1.12 bits per heavy atom. The Kier molecular flexibility index (Phi) is 5.11. The van der Waals surface area contributed by atoms with E-state index in [1.54, 1.807) is 6.07 Å². The SMILES string of the molecule is O=[N+]([O-])c1ccc(OC2CCN(c3cccc(Cl)c3)CC2)c(Cl)c1. The molecule has 0 unspecified atom stereocenters. The predicted molar refractivity (Wildman–Crippen MR) is 95.4 cm³/mol. The summed E-state index contributed by atoms with van der Waals surface area (Å²) in [5.74, 6) is 0.489. The highest BCUT2D eigenvalue weighted by atomic mass is 35.5. The lowest BCUT2D eigenvalue weighted by Gasteiger charge is -2.34. The number of nitro groups is 1. The Bertz CT molecular complexity index is 746. The summed E-state index contributed by atoms with van der Waals surface area (Å²) in [4.78, 5) is 12.5. The van der Waals surface area contributed by atoms with Crippen molar-refractivity contribution in [3.63, 3.8) is 0 Å². The second-order valence-corrected chi connectivity index (χ2v) is 6.50. The number of non-ortho nitro benzene ring substituents is 1. The van der Waals surface area contributed by atoms with Crippen LogP contribution in [0.1, 0.15) is 12.8 Å². The van der Waals surface area contributed by atoms with Crippen molar-refractivity contribution in [1.82, 2.24) is 0 Å². The van der Waals surface area contributed by atoms with Crippen LogP contribution >= 0.6 is 23.2 Å². The fourth-order valence-corrected chi connectivity index (χ4v) is 3.19. The summed E-state index contributed by atoms with van der Waals surface area (Å²) in [6, 6.07) is 12.1. The van der Waals surface area contributed by atoms with Crippen molar-refractivity contribution in [2.45, 2.75) is 18.9 Å². The number of benzene rings is 2. The molecule has 0 N–H and O–H groups in total. The van der Waals surface area contributed by atoms with Crippen LogP contribution in [0.2, 0.25) is 10.0 Å². The number of nitro benzene ring substituents is 1. The Hall–Kier alpha value is -1.98. The van der Waals surface area contributed by atoms with E-state index in [9.17, 15) is 10.1 Å². The van der Waals surface area contributed by atoms with Gasteiger partial charge < -0.3 is 9.64 Å². The maximum Gasteiger partial charge on any atom is 0.271 e. The molecule has 0 radical (unpaired) electrons. The van der Waals surface area contributed by atoms with Crippen LogP contribution in [-0.4, -0.2) is 24.1 Å². The highest BCUT2D eigenvalue weighted by molar-refractivity contribution is 6.32. The summed E-state index contributed by atoms with van der Waals surface area (Å²) in [5.41, 5.74) is 1.07. The average Bonchev–Trinajstić information content (AvgIpc) is 2.57. The van der Waals surface area contributed by atoms with Crippen LogP contribution < -0.4 is 9.64 Å². The van der Waals surface area contributed by atoms with Crippen LogP contribution in [-0.2, 0) is 0 Å². The Morgan fingerprint density at radius 3 is 2.50 bits per heavy atom. The van der Waals surface area contributed by atoms with Gasteiger partial charge in [-0.2, -0.15) is 0 Å². The lowest BCUT2D eigenvalue weighted by molar-refractivity contribution is -0.384. The average molecular weight is 367 g/mol. The molecule has 1 heterocycles. The number of ether oxygens (including phenoxy) is 1. The van der Waals surface area contributed by atoms with Gasteiger partial charge in [0, 0.05) is 48.8 Å². The summed E-state index contributed by atoms with van der Waals surface area (Å²) >= 11 is 12.1. The van der Waals surface area contributed by atoms with Crippen LogP contribution in [0.5, 0.6) is 5.75 Å².